The van der Waals surface area contributed by atoms with Crippen molar-refractivity contribution in [2.24, 2.45) is 0 Å². The first kappa shape index (κ1) is 21.7. The number of aromatic nitrogens is 3. The fraction of sp³-hybridized carbons (Fsp3) is 0.250. The topological polar surface area (TPSA) is 143 Å². The van der Waals surface area contributed by atoms with Gasteiger partial charge in [0.2, 0.25) is 0 Å². The van der Waals surface area contributed by atoms with Crippen molar-refractivity contribution in [2.45, 2.75) is 6.92 Å². The number of carbonyl (C=O) groups excluding carboxylic acids is 1. The van der Waals surface area contributed by atoms with Crippen LogP contribution in [-0.4, -0.2) is 59.0 Å². The minimum atomic E-state index is -1.06. The van der Waals surface area contributed by atoms with Gasteiger partial charge in [-0.3, -0.25) is 4.79 Å². The summed E-state index contributed by atoms with van der Waals surface area (Å²) in [7, 11) is 1.90. The van der Waals surface area contributed by atoms with Crippen LogP contribution in [0.2, 0.25) is 0 Å². The lowest BCUT2D eigenvalue weighted by atomic mass is 10.2. The average molecular weight is 426 g/mol. The largest absolute Gasteiger partial charge is 0.478 e. The van der Waals surface area contributed by atoms with Crippen LogP contribution in [0.3, 0.4) is 0 Å². The fourth-order valence-electron chi connectivity index (χ4n) is 2.55. The van der Waals surface area contributed by atoms with Crippen LogP contribution in [0.5, 0.6) is 0 Å². The molecular weight excluding hydrogens is 404 g/mol. The minimum Gasteiger partial charge on any atom is -0.478 e. The van der Waals surface area contributed by atoms with Crippen LogP contribution in [0.25, 0.3) is 0 Å². The van der Waals surface area contributed by atoms with Gasteiger partial charge < -0.3 is 29.8 Å². The number of carboxylic acids is 1. The second-order valence-electron chi connectivity index (χ2n) is 6.40. The summed E-state index contributed by atoms with van der Waals surface area (Å²) < 4.78 is 10.6. The number of ether oxygens (including phenoxy) is 1. The maximum atomic E-state index is 12.3. The van der Waals surface area contributed by atoms with Gasteiger partial charge in [-0.15, -0.1) is 5.10 Å². The van der Waals surface area contributed by atoms with Crippen LogP contribution in [0.1, 0.15) is 28.0 Å². The third-order valence-electron chi connectivity index (χ3n) is 4.15. The van der Waals surface area contributed by atoms with Crippen LogP contribution in [0.15, 0.2) is 47.0 Å². The summed E-state index contributed by atoms with van der Waals surface area (Å²) in [5.74, 6) is -1.17. The zero-order chi connectivity index (χ0) is 22.2. The molecule has 162 valence electrons. The van der Waals surface area contributed by atoms with Crippen molar-refractivity contribution >= 4 is 35.1 Å². The molecule has 3 aromatic rings. The molecule has 2 aromatic heterocycles. The van der Waals surface area contributed by atoms with Crippen molar-refractivity contribution in [3.63, 3.8) is 0 Å². The molecule has 2 heterocycles. The molecule has 3 N–H and O–H groups in total. The number of nitrogens with one attached hydrogen (secondary N) is 2. The van der Waals surface area contributed by atoms with Gasteiger partial charge in [-0.2, -0.15) is 0 Å². The first-order valence-corrected chi connectivity index (χ1v) is 9.46. The average Bonchev–Trinajstić information content (AvgIpc) is 3.23. The quantitative estimate of drug-likeness (QED) is 0.414. The predicted octanol–water partition coefficient (Wildman–Crippen LogP) is 2.63. The van der Waals surface area contributed by atoms with Gasteiger partial charge in [-0.05, 0) is 37.3 Å². The molecule has 0 aliphatic rings. The van der Waals surface area contributed by atoms with Gasteiger partial charge in [0.05, 0.1) is 24.1 Å². The third kappa shape index (κ3) is 6.00. The van der Waals surface area contributed by atoms with Crippen molar-refractivity contribution in [3.8, 4) is 0 Å². The zero-order valence-corrected chi connectivity index (χ0v) is 17.0. The molecule has 0 bridgehead atoms. The summed E-state index contributed by atoms with van der Waals surface area (Å²) in [6.07, 6.45) is 1.53. The summed E-state index contributed by atoms with van der Waals surface area (Å²) in [5.41, 5.74) is 1.000. The van der Waals surface area contributed by atoms with Gasteiger partial charge in [-0.1, -0.05) is 11.2 Å². The Balaban J connectivity index is 1.58. The smallest absolute Gasteiger partial charge is 0.335 e. The van der Waals surface area contributed by atoms with Crippen LogP contribution < -0.4 is 15.5 Å². The van der Waals surface area contributed by atoms with Gasteiger partial charge in [-0.25, -0.2) is 9.78 Å². The number of hydrogen-bond donors (Lipinski definition) is 3. The number of benzene rings is 1. The Labute approximate surface area is 178 Å². The number of carbonyl (C=O) groups is 2. The fourth-order valence-corrected chi connectivity index (χ4v) is 2.55. The molecule has 0 radical (unpaired) electrons. The molecule has 31 heavy (non-hydrogen) atoms. The Morgan fingerprint density at radius 3 is 2.74 bits per heavy atom. The van der Waals surface area contributed by atoms with Gasteiger partial charge >= 0.3 is 23.8 Å². The highest BCUT2D eigenvalue weighted by atomic mass is 16.5. The highest BCUT2D eigenvalue weighted by Gasteiger charge is 2.16. The molecule has 0 unspecified atom stereocenters. The molecule has 1 aromatic carbocycles. The van der Waals surface area contributed by atoms with Gasteiger partial charge in [0.1, 0.15) is 5.82 Å². The van der Waals surface area contributed by atoms with Crippen LogP contribution in [-0.2, 0) is 4.74 Å². The number of likely N-dealkylation sites (N-methyl/N-ethyl adjacent to an activating group) is 1. The summed E-state index contributed by atoms with van der Waals surface area (Å²) in [6.45, 7) is 3.89. The molecule has 0 saturated heterocycles. The van der Waals surface area contributed by atoms with E-state index in [-0.39, 0.29) is 17.5 Å². The Hall–Kier alpha value is -3.99. The lowest BCUT2D eigenvalue weighted by Gasteiger charge is -2.18. The normalized spacial score (nSPS) is 10.5. The molecule has 0 aliphatic carbocycles. The number of anilines is 4. The van der Waals surface area contributed by atoms with Gasteiger partial charge in [0.15, 0.2) is 0 Å². The van der Waals surface area contributed by atoms with Crippen molar-refractivity contribution in [3.05, 3.63) is 54.0 Å². The second-order valence-corrected chi connectivity index (χ2v) is 6.40. The number of nitrogens with zero attached hydrogens (tertiary/aromatic N) is 4. The minimum absolute atomic E-state index is 0.0444. The maximum absolute atomic E-state index is 12.3. The number of hydrogen-bond acceptors (Lipinski definition) is 9. The molecular formula is C20H22N6O5. The Bertz CT molecular complexity index is 1040. The summed E-state index contributed by atoms with van der Waals surface area (Å²) in [5, 5.41) is 21.9. The Kier molecular flexibility index (Phi) is 7.12. The predicted molar refractivity (Wildman–Crippen MR) is 113 cm³/mol. The lowest BCUT2D eigenvalue weighted by Crippen LogP contribution is -2.23. The van der Waals surface area contributed by atoms with Crippen molar-refractivity contribution in [2.75, 3.05) is 42.3 Å². The van der Waals surface area contributed by atoms with Crippen molar-refractivity contribution in [1.29, 1.82) is 0 Å². The first-order chi connectivity index (χ1) is 15.0. The van der Waals surface area contributed by atoms with Crippen molar-refractivity contribution < 1.29 is 23.8 Å². The maximum Gasteiger partial charge on any atom is 0.335 e. The molecule has 11 nitrogen and oxygen atoms in total. The molecule has 0 aliphatic heterocycles. The summed E-state index contributed by atoms with van der Waals surface area (Å²) in [6, 6.07) is 9.51. The first-order valence-electron chi connectivity index (χ1n) is 9.46. The zero-order valence-electron chi connectivity index (χ0n) is 17.0. The van der Waals surface area contributed by atoms with E-state index in [9.17, 15) is 9.59 Å². The summed E-state index contributed by atoms with van der Waals surface area (Å²) in [4.78, 5) is 29.7. The Morgan fingerprint density at radius 1 is 1.19 bits per heavy atom. The standard InChI is InChI=1S/C20H22N6O5/c1-3-30-10-9-26(2)16-8-7-15(12-21-16)22-17(27)18-24-25-20(31-18)23-14-6-4-5-13(11-14)19(28)29/h4-8,11-12H,3,9-10H2,1-2H3,(H,22,27)(H,23,25)(H,28,29). The van der Waals surface area contributed by atoms with E-state index in [2.05, 4.69) is 25.8 Å². The monoisotopic (exact) mass is 426 g/mol. The SMILES string of the molecule is CCOCCN(C)c1ccc(NC(=O)c2nnc(Nc3cccc(C(=O)O)c3)o2)cn1. The van der Waals surface area contributed by atoms with Gasteiger partial charge in [0.25, 0.3) is 0 Å². The van der Waals surface area contributed by atoms with E-state index in [1.165, 1.54) is 18.3 Å². The van der Waals surface area contributed by atoms with Gasteiger partial charge in [0, 0.05) is 25.9 Å². The van der Waals surface area contributed by atoms with E-state index < -0.39 is 11.9 Å². The van der Waals surface area contributed by atoms with E-state index in [1.807, 2.05) is 18.9 Å². The van der Waals surface area contributed by atoms with Crippen LogP contribution in [0.4, 0.5) is 23.2 Å². The van der Waals surface area contributed by atoms with Crippen LogP contribution >= 0.6 is 0 Å². The molecule has 0 spiro atoms. The molecule has 1 amide bonds. The molecule has 0 atom stereocenters. The van der Waals surface area contributed by atoms with E-state index in [1.54, 1.807) is 24.3 Å². The van der Waals surface area contributed by atoms with Crippen molar-refractivity contribution in [1.82, 2.24) is 15.2 Å². The Morgan fingerprint density at radius 2 is 2.03 bits per heavy atom. The van der Waals surface area contributed by atoms with E-state index >= 15 is 0 Å². The highest BCUT2D eigenvalue weighted by molar-refractivity contribution is 6.00. The molecule has 11 heteroatoms. The number of carboxylic acid groups (broad SMARTS) is 1. The number of pyridine rings is 1. The van der Waals surface area contributed by atoms with Crippen LogP contribution in [0, 0.1) is 0 Å². The third-order valence-corrected chi connectivity index (χ3v) is 4.15. The highest BCUT2D eigenvalue weighted by Crippen LogP contribution is 2.18. The molecule has 0 saturated carbocycles. The number of rotatable bonds is 10. The number of aromatic carboxylic acids is 1. The second kappa shape index (κ2) is 10.2. The van der Waals surface area contributed by atoms with E-state index in [0.29, 0.717) is 31.1 Å². The molecule has 0 fully saturated rings. The van der Waals surface area contributed by atoms with E-state index in [0.717, 1.165) is 5.82 Å². The summed E-state index contributed by atoms with van der Waals surface area (Å²) >= 11 is 0. The number of amides is 1. The molecule has 3 rings (SSSR count). The lowest BCUT2D eigenvalue weighted by molar-refractivity contribution is 0.0696. The van der Waals surface area contributed by atoms with E-state index in [4.69, 9.17) is 14.3 Å².